The lowest BCUT2D eigenvalue weighted by Crippen LogP contribution is -2.50. The maximum Gasteiger partial charge on any atom is 0.321 e. The van der Waals surface area contributed by atoms with Crippen molar-refractivity contribution in [1.82, 2.24) is 19.7 Å². The Balaban J connectivity index is 1.41. The second-order valence-corrected chi connectivity index (χ2v) is 7.09. The molecule has 8 heteroatoms. The molecule has 1 aliphatic rings. The molecule has 2 amide bonds. The molecule has 28 heavy (non-hydrogen) atoms. The van der Waals surface area contributed by atoms with E-state index in [4.69, 9.17) is 11.6 Å². The van der Waals surface area contributed by atoms with E-state index in [0.29, 0.717) is 18.1 Å². The Kier molecular flexibility index (Phi) is 5.16. The van der Waals surface area contributed by atoms with E-state index < -0.39 is 0 Å². The quantitative estimate of drug-likeness (QED) is 0.734. The van der Waals surface area contributed by atoms with Crippen molar-refractivity contribution in [3.8, 4) is 5.69 Å². The summed E-state index contributed by atoms with van der Waals surface area (Å²) in [6.45, 7) is 4.68. The first kappa shape index (κ1) is 18.3. The lowest BCUT2D eigenvalue weighted by molar-refractivity contribution is 0.208. The second-order valence-electron chi connectivity index (χ2n) is 6.68. The summed E-state index contributed by atoms with van der Waals surface area (Å²) in [6.07, 6.45) is 6.98. The Labute approximate surface area is 168 Å². The number of carbonyl (C=O) groups is 1. The molecule has 1 saturated heterocycles. The highest BCUT2D eigenvalue weighted by Gasteiger charge is 2.23. The van der Waals surface area contributed by atoms with Gasteiger partial charge in [-0.05, 0) is 36.8 Å². The number of pyridine rings is 1. The molecular formula is C20H21ClN6O. The standard InChI is InChI=1S/C20H21ClN6O/c1-15-3-4-16(27-8-2-6-23-27)13-18(15)24-20(28)26-11-9-25(10-12-26)19-5-7-22-14-17(19)21/h2-8,13-14H,9-12H2,1H3,(H,24,28). The largest absolute Gasteiger partial charge is 0.367 e. The number of urea groups is 1. The zero-order chi connectivity index (χ0) is 19.5. The van der Waals surface area contributed by atoms with E-state index in [1.807, 2.05) is 48.4 Å². The number of benzene rings is 1. The molecule has 4 rings (SSSR count). The number of amides is 2. The highest BCUT2D eigenvalue weighted by molar-refractivity contribution is 6.33. The second kappa shape index (κ2) is 7.90. The Hall–Kier alpha value is -3.06. The third-order valence-corrected chi connectivity index (χ3v) is 5.18. The van der Waals surface area contributed by atoms with Crippen molar-refractivity contribution >= 4 is 29.0 Å². The summed E-state index contributed by atoms with van der Waals surface area (Å²) in [5.41, 5.74) is 3.66. The van der Waals surface area contributed by atoms with E-state index in [9.17, 15) is 4.79 Å². The summed E-state index contributed by atoms with van der Waals surface area (Å²) >= 11 is 6.23. The minimum absolute atomic E-state index is 0.0961. The van der Waals surface area contributed by atoms with Gasteiger partial charge in [0.15, 0.2) is 0 Å². The topological polar surface area (TPSA) is 66.3 Å². The van der Waals surface area contributed by atoms with Gasteiger partial charge in [-0.2, -0.15) is 5.10 Å². The number of anilines is 2. The van der Waals surface area contributed by atoms with Crippen LogP contribution in [0.2, 0.25) is 5.02 Å². The van der Waals surface area contributed by atoms with Crippen LogP contribution in [0.15, 0.2) is 55.1 Å². The summed E-state index contributed by atoms with van der Waals surface area (Å²) in [5, 5.41) is 7.91. The summed E-state index contributed by atoms with van der Waals surface area (Å²) in [4.78, 5) is 20.8. The van der Waals surface area contributed by atoms with E-state index in [0.717, 1.165) is 35.7 Å². The smallest absolute Gasteiger partial charge is 0.321 e. The van der Waals surface area contributed by atoms with Crippen LogP contribution in [0.1, 0.15) is 5.56 Å². The van der Waals surface area contributed by atoms with Gasteiger partial charge in [0.2, 0.25) is 0 Å². The molecule has 0 aliphatic carbocycles. The molecular weight excluding hydrogens is 376 g/mol. The number of hydrogen-bond donors (Lipinski definition) is 1. The van der Waals surface area contributed by atoms with Crippen molar-refractivity contribution in [2.24, 2.45) is 0 Å². The van der Waals surface area contributed by atoms with Crippen LogP contribution < -0.4 is 10.2 Å². The first-order chi connectivity index (χ1) is 13.6. The molecule has 7 nitrogen and oxygen atoms in total. The molecule has 1 aromatic carbocycles. The third-order valence-electron chi connectivity index (χ3n) is 4.89. The Morgan fingerprint density at radius 1 is 1.14 bits per heavy atom. The molecule has 0 bridgehead atoms. The fraction of sp³-hybridized carbons (Fsp3) is 0.250. The van der Waals surface area contributed by atoms with Crippen molar-refractivity contribution in [2.45, 2.75) is 6.92 Å². The zero-order valence-electron chi connectivity index (χ0n) is 15.5. The molecule has 2 aromatic heterocycles. The summed E-state index contributed by atoms with van der Waals surface area (Å²) in [5.74, 6) is 0. The van der Waals surface area contributed by atoms with Gasteiger partial charge in [-0.3, -0.25) is 4.98 Å². The molecule has 144 valence electrons. The van der Waals surface area contributed by atoms with Crippen LogP contribution >= 0.6 is 11.6 Å². The Morgan fingerprint density at radius 2 is 1.96 bits per heavy atom. The number of halogens is 1. The van der Waals surface area contributed by atoms with Crippen molar-refractivity contribution in [3.63, 3.8) is 0 Å². The third kappa shape index (κ3) is 3.80. The SMILES string of the molecule is Cc1ccc(-n2cccn2)cc1NC(=O)N1CCN(c2ccncc2Cl)CC1. The van der Waals surface area contributed by atoms with Crippen molar-refractivity contribution in [1.29, 1.82) is 0 Å². The number of aryl methyl sites for hydroxylation is 1. The molecule has 0 saturated carbocycles. The maximum absolute atomic E-state index is 12.8. The van der Waals surface area contributed by atoms with Crippen molar-refractivity contribution in [2.75, 3.05) is 36.4 Å². The summed E-state index contributed by atoms with van der Waals surface area (Å²) < 4.78 is 1.77. The fourth-order valence-electron chi connectivity index (χ4n) is 3.28. The zero-order valence-corrected chi connectivity index (χ0v) is 16.3. The monoisotopic (exact) mass is 396 g/mol. The van der Waals surface area contributed by atoms with E-state index in [-0.39, 0.29) is 6.03 Å². The van der Waals surface area contributed by atoms with Crippen LogP contribution in [0.5, 0.6) is 0 Å². The molecule has 0 atom stereocenters. The molecule has 1 aliphatic heterocycles. The fourth-order valence-corrected chi connectivity index (χ4v) is 3.52. The van der Waals surface area contributed by atoms with Crippen LogP contribution in [0, 0.1) is 6.92 Å². The van der Waals surface area contributed by atoms with Gasteiger partial charge in [0.05, 0.1) is 16.4 Å². The summed E-state index contributed by atoms with van der Waals surface area (Å²) in [7, 11) is 0. The Bertz CT molecular complexity index is 967. The minimum Gasteiger partial charge on any atom is -0.367 e. The van der Waals surface area contributed by atoms with Gasteiger partial charge in [0.25, 0.3) is 0 Å². The van der Waals surface area contributed by atoms with Crippen LogP contribution in [0.3, 0.4) is 0 Å². The van der Waals surface area contributed by atoms with Crippen LogP contribution in [-0.4, -0.2) is 51.9 Å². The Morgan fingerprint density at radius 3 is 2.68 bits per heavy atom. The van der Waals surface area contributed by atoms with Gasteiger partial charge >= 0.3 is 6.03 Å². The predicted octanol–water partition coefficient (Wildman–Crippen LogP) is 3.58. The number of aromatic nitrogens is 3. The molecule has 3 aromatic rings. The maximum atomic E-state index is 12.8. The molecule has 0 spiro atoms. The van der Waals surface area contributed by atoms with Gasteiger partial charge in [-0.1, -0.05) is 17.7 Å². The van der Waals surface area contributed by atoms with E-state index in [1.54, 1.807) is 23.3 Å². The molecule has 1 fully saturated rings. The lowest BCUT2D eigenvalue weighted by atomic mass is 10.2. The number of rotatable bonds is 3. The predicted molar refractivity (Wildman–Crippen MR) is 110 cm³/mol. The molecule has 0 unspecified atom stereocenters. The van der Waals surface area contributed by atoms with E-state index >= 15 is 0 Å². The molecule has 1 N–H and O–H groups in total. The first-order valence-electron chi connectivity index (χ1n) is 9.13. The van der Waals surface area contributed by atoms with E-state index in [1.165, 1.54) is 0 Å². The highest BCUT2D eigenvalue weighted by atomic mass is 35.5. The number of nitrogens with zero attached hydrogens (tertiary/aromatic N) is 5. The number of piperazine rings is 1. The number of hydrogen-bond acceptors (Lipinski definition) is 4. The van der Waals surface area contributed by atoms with Gasteiger partial charge in [-0.15, -0.1) is 0 Å². The van der Waals surface area contributed by atoms with Gasteiger partial charge in [0, 0.05) is 56.7 Å². The number of carbonyl (C=O) groups excluding carboxylic acids is 1. The summed E-state index contributed by atoms with van der Waals surface area (Å²) in [6, 6.07) is 9.58. The van der Waals surface area contributed by atoms with E-state index in [2.05, 4.69) is 20.3 Å². The van der Waals surface area contributed by atoms with Crippen LogP contribution in [0.25, 0.3) is 5.69 Å². The van der Waals surface area contributed by atoms with Gasteiger partial charge < -0.3 is 15.1 Å². The van der Waals surface area contributed by atoms with Gasteiger partial charge in [-0.25, -0.2) is 9.48 Å². The highest BCUT2D eigenvalue weighted by Crippen LogP contribution is 2.25. The average molecular weight is 397 g/mol. The average Bonchev–Trinajstić information content (AvgIpc) is 3.25. The van der Waals surface area contributed by atoms with Crippen LogP contribution in [-0.2, 0) is 0 Å². The molecule has 3 heterocycles. The van der Waals surface area contributed by atoms with Crippen LogP contribution in [0.4, 0.5) is 16.2 Å². The normalized spacial score (nSPS) is 14.2. The van der Waals surface area contributed by atoms with Crippen molar-refractivity contribution < 1.29 is 4.79 Å². The lowest BCUT2D eigenvalue weighted by Gasteiger charge is -2.36. The minimum atomic E-state index is -0.0961. The first-order valence-corrected chi connectivity index (χ1v) is 9.50. The number of nitrogens with one attached hydrogen (secondary N) is 1. The van der Waals surface area contributed by atoms with Gasteiger partial charge in [0.1, 0.15) is 0 Å². The molecule has 0 radical (unpaired) electrons. The van der Waals surface area contributed by atoms with Crippen molar-refractivity contribution in [3.05, 3.63) is 65.7 Å².